The summed E-state index contributed by atoms with van der Waals surface area (Å²) in [6, 6.07) is -3.11. The van der Waals surface area contributed by atoms with Crippen LogP contribution < -0.4 is 21.7 Å². The Bertz CT molecular complexity index is 959. The van der Waals surface area contributed by atoms with E-state index in [0.717, 1.165) is 19.3 Å². The Morgan fingerprint density at radius 3 is 2.05 bits per heavy atom. The third-order valence-corrected chi connectivity index (χ3v) is 7.99. The molecule has 0 radical (unpaired) electrons. The van der Waals surface area contributed by atoms with E-state index in [1.807, 2.05) is 41.5 Å². The van der Waals surface area contributed by atoms with Crippen molar-refractivity contribution in [3.05, 3.63) is 0 Å². The number of carbonyl (C=O) groups excluding carboxylic acids is 5. The van der Waals surface area contributed by atoms with Crippen molar-refractivity contribution in [2.75, 3.05) is 6.54 Å². The first-order valence-corrected chi connectivity index (χ1v) is 13.3. The van der Waals surface area contributed by atoms with Gasteiger partial charge in [0.2, 0.25) is 17.6 Å². The van der Waals surface area contributed by atoms with Gasteiger partial charge in [-0.1, -0.05) is 47.5 Å². The maximum atomic E-state index is 14.0. The van der Waals surface area contributed by atoms with Crippen molar-refractivity contribution < 1.29 is 24.0 Å². The monoisotopic (exact) mass is 519 g/mol. The predicted molar refractivity (Wildman–Crippen MR) is 139 cm³/mol. The SMILES string of the molecule is CC(C)(C)NC(=O)N[C@H](C(=O)N1C[C@H]2[C@H](CC2(C)C)[C@H]1C(=O)NC(CC1CC1)C(=O)C(N)=O)C(C)(C)C. The molecule has 208 valence electrons. The summed E-state index contributed by atoms with van der Waals surface area (Å²) in [5, 5.41) is 8.45. The van der Waals surface area contributed by atoms with Gasteiger partial charge in [-0.05, 0) is 62.2 Å². The molecule has 0 aromatic heterocycles. The lowest BCUT2D eigenvalue weighted by Crippen LogP contribution is -2.61. The van der Waals surface area contributed by atoms with E-state index in [1.165, 1.54) is 0 Å². The average Bonchev–Trinajstić information content (AvgIpc) is 3.47. The molecule has 2 saturated carbocycles. The fourth-order valence-electron chi connectivity index (χ4n) is 5.82. The average molecular weight is 520 g/mol. The summed E-state index contributed by atoms with van der Waals surface area (Å²) in [6.45, 7) is 15.8. The fourth-order valence-corrected chi connectivity index (χ4v) is 5.82. The number of nitrogens with one attached hydrogen (secondary N) is 3. The molecule has 37 heavy (non-hydrogen) atoms. The highest BCUT2D eigenvalue weighted by Gasteiger charge is 2.61. The van der Waals surface area contributed by atoms with Crippen molar-refractivity contribution in [1.29, 1.82) is 0 Å². The first-order chi connectivity index (χ1) is 16.8. The van der Waals surface area contributed by atoms with Crippen LogP contribution in [0.4, 0.5) is 4.79 Å². The highest BCUT2D eigenvalue weighted by atomic mass is 16.2. The van der Waals surface area contributed by atoms with Crippen LogP contribution in [0.25, 0.3) is 0 Å². The number of nitrogens with two attached hydrogens (primary N) is 1. The van der Waals surface area contributed by atoms with Crippen LogP contribution in [0.2, 0.25) is 0 Å². The van der Waals surface area contributed by atoms with Crippen molar-refractivity contribution >= 4 is 29.5 Å². The van der Waals surface area contributed by atoms with Crippen molar-refractivity contribution in [2.24, 2.45) is 34.3 Å². The molecule has 1 saturated heterocycles. The van der Waals surface area contributed by atoms with Gasteiger partial charge < -0.3 is 26.6 Å². The van der Waals surface area contributed by atoms with Crippen LogP contribution in [0.5, 0.6) is 0 Å². The standard InChI is InChI=1S/C27H45N5O5/c1-25(2,3)20(30-24(37)31-26(4,5)6)23(36)32-13-16-15(12-27(16,7)8)18(32)22(35)29-17(11-14-9-10-14)19(33)21(28)34/h14-18,20H,9-13H2,1-8H3,(H2,28,34)(H,29,35)(H2,30,31,37)/t15-,16-,17?,18-,20+/m0/s1. The normalized spacial score (nSPS) is 26.3. The molecule has 3 aliphatic rings. The van der Waals surface area contributed by atoms with Crippen molar-refractivity contribution in [2.45, 2.75) is 105 Å². The molecule has 0 spiro atoms. The van der Waals surface area contributed by atoms with Gasteiger partial charge in [-0.3, -0.25) is 19.2 Å². The quantitative estimate of drug-likeness (QED) is 0.360. The number of hydrogen-bond donors (Lipinski definition) is 4. The molecular weight excluding hydrogens is 474 g/mol. The van der Waals surface area contributed by atoms with Crippen LogP contribution in [0.3, 0.4) is 0 Å². The molecular formula is C27H45N5O5. The molecule has 1 unspecified atom stereocenters. The zero-order chi connectivity index (χ0) is 28.1. The number of nitrogens with zero attached hydrogens (tertiary/aromatic N) is 1. The van der Waals surface area contributed by atoms with Crippen LogP contribution in [-0.4, -0.2) is 64.6 Å². The molecule has 2 aliphatic carbocycles. The first kappa shape index (κ1) is 28.9. The number of hydrogen-bond acceptors (Lipinski definition) is 5. The zero-order valence-electron chi connectivity index (χ0n) is 23.6. The molecule has 10 nitrogen and oxygen atoms in total. The molecule has 0 aromatic rings. The zero-order valence-corrected chi connectivity index (χ0v) is 23.6. The second-order valence-corrected chi connectivity index (χ2v) is 14.0. The minimum Gasteiger partial charge on any atom is -0.363 e. The van der Waals surface area contributed by atoms with Gasteiger partial charge in [0.25, 0.3) is 5.91 Å². The lowest BCUT2D eigenvalue weighted by Gasteiger charge is -2.48. The smallest absolute Gasteiger partial charge is 0.315 e. The van der Waals surface area contributed by atoms with E-state index in [0.29, 0.717) is 13.0 Å². The van der Waals surface area contributed by atoms with Gasteiger partial charge in [-0.2, -0.15) is 0 Å². The Balaban J connectivity index is 1.86. The molecule has 3 rings (SSSR count). The number of rotatable bonds is 8. The Kier molecular flexibility index (Phi) is 7.74. The number of likely N-dealkylation sites (tertiary alicyclic amines) is 1. The summed E-state index contributed by atoms with van der Waals surface area (Å²) in [5.41, 5.74) is 4.11. The topological polar surface area (TPSA) is 151 Å². The fraction of sp³-hybridized carbons (Fsp3) is 0.815. The minimum atomic E-state index is -1.07. The summed E-state index contributed by atoms with van der Waals surface area (Å²) >= 11 is 0. The molecule has 3 fully saturated rings. The van der Waals surface area contributed by atoms with Crippen molar-refractivity contribution in [1.82, 2.24) is 20.9 Å². The molecule has 0 bridgehead atoms. The number of Topliss-reactive ketones (excluding diaryl/α,β-unsaturated/α-hetero) is 1. The lowest BCUT2D eigenvalue weighted by molar-refractivity contribution is -0.144. The molecule has 5 N–H and O–H groups in total. The second kappa shape index (κ2) is 9.91. The molecule has 5 atom stereocenters. The van der Waals surface area contributed by atoms with E-state index in [9.17, 15) is 24.0 Å². The predicted octanol–water partition coefficient (Wildman–Crippen LogP) is 1.71. The molecule has 1 aliphatic heterocycles. The van der Waals surface area contributed by atoms with Crippen molar-refractivity contribution in [3.63, 3.8) is 0 Å². The van der Waals surface area contributed by atoms with Gasteiger partial charge in [0.05, 0.1) is 6.04 Å². The van der Waals surface area contributed by atoms with Gasteiger partial charge in [0.1, 0.15) is 12.1 Å². The Labute approximate surface area is 220 Å². The van der Waals surface area contributed by atoms with E-state index in [1.54, 1.807) is 4.90 Å². The Hall–Kier alpha value is -2.65. The van der Waals surface area contributed by atoms with Crippen LogP contribution in [0.15, 0.2) is 0 Å². The minimum absolute atomic E-state index is 0.0387. The van der Waals surface area contributed by atoms with Gasteiger partial charge in [0.15, 0.2) is 0 Å². The molecule has 5 amide bonds. The summed E-state index contributed by atoms with van der Waals surface area (Å²) < 4.78 is 0. The Morgan fingerprint density at radius 2 is 1.59 bits per heavy atom. The van der Waals surface area contributed by atoms with Crippen LogP contribution in [0.1, 0.15) is 81.1 Å². The molecule has 1 heterocycles. The summed E-state index contributed by atoms with van der Waals surface area (Å²) in [6.07, 6.45) is 3.02. The number of primary amides is 1. The summed E-state index contributed by atoms with van der Waals surface area (Å²) in [4.78, 5) is 66.1. The van der Waals surface area contributed by atoms with E-state index in [4.69, 9.17) is 5.73 Å². The first-order valence-electron chi connectivity index (χ1n) is 13.3. The summed E-state index contributed by atoms with van der Waals surface area (Å²) in [5.74, 6) is -2.32. The third kappa shape index (κ3) is 6.62. The largest absolute Gasteiger partial charge is 0.363 e. The maximum Gasteiger partial charge on any atom is 0.315 e. The Morgan fingerprint density at radius 1 is 1.00 bits per heavy atom. The number of carbonyl (C=O) groups is 5. The van der Waals surface area contributed by atoms with Gasteiger partial charge >= 0.3 is 6.03 Å². The van der Waals surface area contributed by atoms with Gasteiger partial charge in [0, 0.05) is 12.1 Å². The van der Waals surface area contributed by atoms with Crippen LogP contribution in [-0.2, 0) is 19.2 Å². The number of fused-ring (bicyclic) bond motifs is 1. The van der Waals surface area contributed by atoms with E-state index in [2.05, 4.69) is 29.8 Å². The highest BCUT2D eigenvalue weighted by Crippen LogP contribution is 2.57. The van der Waals surface area contributed by atoms with Gasteiger partial charge in [-0.25, -0.2) is 4.79 Å². The van der Waals surface area contributed by atoms with E-state index in [-0.39, 0.29) is 29.1 Å². The van der Waals surface area contributed by atoms with Crippen LogP contribution in [0, 0.1) is 28.6 Å². The number of urea groups is 1. The van der Waals surface area contributed by atoms with Crippen molar-refractivity contribution in [3.8, 4) is 0 Å². The van der Waals surface area contributed by atoms with Gasteiger partial charge in [-0.15, -0.1) is 0 Å². The lowest BCUT2D eigenvalue weighted by atomic mass is 9.55. The number of ketones is 1. The molecule has 10 heteroatoms. The summed E-state index contributed by atoms with van der Waals surface area (Å²) in [7, 11) is 0. The van der Waals surface area contributed by atoms with Crippen LogP contribution >= 0.6 is 0 Å². The number of amides is 5. The molecule has 0 aromatic carbocycles. The maximum absolute atomic E-state index is 14.0. The van der Waals surface area contributed by atoms with E-state index < -0.39 is 52.7 Å². The second-order valence-electron chi connectivity index (χ2n) is 14.0. The van der Waals surface area contributed by atoms with E-state index >= 15 is 0 Å². The third-order valence-electron chi connectivity index (χ3n) is 7.99. The highest BCUT2D eigenvalue weighted by molar-refractivity contribution is 6.37.